The van der Waals surface area contributed by atoms with Crippen LogP contribution in [-0.2, 0) is 35.2 Å². The van der Waals surface area contributed by atoms with Gasteiger partial charge in [-0.1, -0.05) is 18.2 Å². The summed E-state index contributed by atoms with van der Waals surface area (Å²) in [5.41, 5.74) is 17.6. The first-order valence-electron chi connectivity index (χ1n) is 12.6. The monoisotopic (exact) mass is 561 g/mol. The molecule has 2 rings (SSSR count). The molecular formula is C25H35N7O8. The van der Waals surface area contributed by atoms with E-state index in [1.165, 1.54) is 0 Å². The zero-order valence-electron chi connectivity index (χ0n) is 21.7. The van der Waals surface area contributed by atoms with Crippen molar-refractivity contribution in [1.82, 2.24) is 20.9 Å². The lowest BCUT2D eigenvalue weighted by molar-refractivity contribution is -0.142. The van der Waals surface area contributed by atoms with Gasteiger partial charge in [0.05, 0.1) is 18.9 Å². The molecule has 0 saturated carbocycles. The number of amides is 4. The van der Waals surface area contributed by atoms with E-state index in [-0.39, 0.29) is 12.8 Å². The van der Waals surface area contributed by atoms with Crippen LogP contribution in [-0.4, -0.2) is 81.5 Å². The molecule has 0 spiro atoms. The third-order valence-electron chi connectivity index (χ3n) is 6.06. The van der Waals surface area contributed by atoms with Crippen LogP contribution in [0.5, 0.6) is 0 Å². The number of unbranched alkanes of at least 4 members (excludes halogenated alkanes) is 1. The first kappa shape index (κ1) is 31.7. The number of aromatic amines is 1. The Balaban J connectivity index is 2.31. The Hall–Kier alpha value is -4.50. The highest BCUT2D eigenvalue weighted by Crippen LogP contribution is 2.19. The number of aliphatic carboxylic acids is 2. The summed E-state index contributed by atoms with van der Waals surface area (Å²) in [5, 5.41) is 26.3. The number of nitrogens with one attached hydrogen (secondary N) is 4. The molecule has 15 heteroatoms. The number of fused-ring (bicyclic) bond motifs is 1. The number of carboxylic acid groups (broad SMARTS) is 2. The molecule has 4 unspecified atom stereocenters. The Morgan fingerprint density at radius 2 is 1.48 bits per heavy atom. The van der Waals surface area contributed by atoms with Gasteiger partial charge in [-0.3, -0.25) is 24.0 Å². The van der Waals surface area contributed by atoms with E-state index >= 15 is 0 Å². The predicted molar refractivity (Wildman–Crippen MR) is 142 cm³/mol. The van der Waals surface area contributed by atoms with Crippen molar-refractivity contribution >= 4 is 46.5 Å². The largest absolute Gasteiger partial charge is 0.481 e. The molecule has 2 aromatic rings. The number of para-hydroxylation sites is 1. The molecule has 12 N–H and O–H groups in total. The Bertz CT molecular complexity index is 1230. The van der Waals surface area contributed by atoms with Crippen LogP contribution < -0.4 is 33.2 Å². The minimum absolute atomic E-state index is 0.0769. The number of carbonyl (C=O) groups is 6. The number of carboxylic acids is 2. The molecule has 1 heterocycles. The Kier molecular flexibility index (Phi) is 12.0. The zero-order chi connectivity index (χ0) is 29.8. The van der Waals surface area contributed by atoms with E-state index in [2.05, 4.69) is 20.9 Å². The van der Waals surface area contributed by atoms with Crippen molar-refractivity contribution in [2.45, 2.75) is 62.7 Å². The van der Waals surface area contributed by atoms with Crippen LogP contribution in [0.15, 0.2) is 30.5 Å². The van der Waals surface area contributed by atoms with Gasteiger partial charge < -0.3 is 48.3 Å². The van der Waals surface area contributed by atoms with E-state index in [0.717, 1.165) is 10.9 Å². The summed E-state index contributed by atoms with van der Waals surface area (Å²) < 4.78 is 0. The topological polar surface area (TPSA) is 273 Å². The van der Waals surface area contributed by atoms with E-state index in [0.29, 0.717) is 24.9 Å². The Labute approximate surface area is 229 Å². The minimum atomic E-state index is -1.58. The predicted octanol–water partition coefficient (Wildman–Crippen LogP) is -1.94. The summed E-state index contributed by atoms with van der Waals surface area (Å²) in [7, 11) is 0. The summed E-state index contributed by atoms with van der Waals surface area (Å²) in [6.45, 7) is 0.350. The third kappa shape index (κ3) is 9.67. The van der Waals surface area contributed by atoms with Gasteiger partial charge in [-0.05, 0) is 37.4 Å². The molecule has 0 saturated heterocycles. The van der Waals surface area contributed by atoms with Crippen molar-refractivity contribution in [2.24, 2.45) is 17.2 Å². The molecule has 1 aromatic carbocycles. The SMILES string of the molecule is NCCCCC(NC(=O)C(Cc1c[nH]c2ccccc12)NC(=O)C(CC(N)=O)NC(=O)C(N)CC(=O)O)C(=O)O. The van der Waals surface area contributed by atoms with Crippen molar-refractivity contribution < 1.29 is 39.0 Å². The van der Waals surface area contributed by atoms with Crippen molar-refractivity contribution in [3.05, 3.63) is 36.0 Å². The maximum absolute atomic E-state index is 13.3. The molecule has 0 aliphatic heterocycles. The summed E-state index contributed by atoms with van der Waals surface area (Å²) in [6.07, 6.45) is 1.25. The second kappa shape index (κ2) is 15.2. The standard InChI is InChI=1S/C25H35N7O8/c26-8-4-3-7-17(25(39)40)30-23(37)18(9-13-12-29-16-6-2-1-5-14(13)16)32-24(38)19(11-20(28)33)31-22(36)15(27)10-21(34)35/h1-2,5-6,12,15,17-19,29H,3-4,7-11,26-27H2,(H2,28,33)(H,30,37)(H,31,36)(H,32,38)(H,34,35)(H,39,40). The summed E-state index contributed by atoms with van der Waals surface area (Å²) >= 11 is 0. The molecule has 0 bridgehead atoms. The molecule has 4 amide bonds. The van der Waals surface area contributed by atoms with Gasteiger partial charge >= 0.3 is 11.9 Å². The molecule has 4 atom stereocenters. The lowest BCUT2D eigenvalue weighted by Gasteiger charge is -2.25. The van der Waals surface area contributed by atoms with Crippen LogP contribution in [0.1, 0.15) is 37.7 Å². The van der Waals surface area contributed by atoms with Crippen LogP contribution in [0.4, 0.5) is 0 Å². The van der Waals surface area contributed by atoms with Crippen LogP contribution in [0.2, 0.25) is 0 Å². The van der Waals surface area contributed by atoms with Gasteiger partial charge in [-0.25, -0.2) is 4.79 Å². The van der Waals surface area contributed by atoms with Gasteiger partial charge in [0, 0.05) is 23.5 Å². The first-order chi connectivity index (χ1) is 18.9. The van der Waals surface area contributed by atoms with E-state index in [1.807, 2.05) is 6.07 Å². The van der Waals surface area contributed by atoms with Crippen LogP contribution in [0, 0.1) is 0 Å². The van der Waals surface area contributed by atoms with Crippen molar-refractivity contribution in [2.75, 3.05) is 6.54 Å². The van der Waals surface area contributed by atoms with Crippen molar-refractivity contribution in [3.63, 3.8) is 0 Å². The van der Waals surface area contributed by atoms with E-state index < -0.39 is 72.6 Å². The molecule has 0 fully saturated rings. The molecule has 218 valence electrons. The average molecular weight is 562 g/mol. The maximum Gasteiger partial charge on any atom is 0.326 e. The number of benzene rings is 1. The molecule has 0 aliphatic carbocycles. The molecule has 0 radical (unpaired) electrons. The van der Waals surface area contributed by atoms with Crippen molar-refractivity contribution in [1.29, 1.82) is 0 Å². The van der Waals surface area contributed by atoms with Gasteiger partial charge in [-0.2, -0.15) is 0 Å². The summed E-state index contributed by atoms with van der Waals surface area (Å²) in [6, 6.07) is 1.51. The zero-order valence-corrected chi connectivity index (χ0v) is 21.7. The van der Waals surface area contributed by atoms with Crippen LogP contribution >= 0.6 is 0 Å². The number of hydrogen-bond acceptors (Lipinski definition) is 8. The lowest BCUT2D eigenvalue weighted by Crippen LogP contribution is -2.58. The second-order valence-corrected chi connectivity index (χ2v) is 9.24. The van der Waals surface area contributed by atoms with Crippen molar-refractivity contribution in [3.8, 4) is 0 Å². The van der Waals surface area contributed by atoms with E-state index in [9.17, 15) is 33.9 Å². The fourth-order valence-corrected chi connectivity index (χ4v) is 3.99. The number of H-pyrrole nitrogens is 1. The average Bonchev–Trinajstić information content (AvgIpc) is 3.29. The van der Waals surface area contributed by atoms with Gasteiger partial charge in [0.15, 0.2) is 0 Å². The number of hydrogen-bond donors (Lipinski definition) is 9. The highest BCUT2D eigenvalue weighted by molar-refractivity contribution is 5.97. The molecule has 0 aliphatic rings. The van der Waals surface area contributed by atoms with Gasteiger partial charge in [0.2, 0.25) is 23.6 Å². The number of aromatic nitrogens is 1. The van der Waals surface area contributed by atoms with Crippen LogP contribution in [0.25, 0.3) is 10.9 Å². The van der Waals surface area contributed by atoms with Gasteiger partial charge in [0.1, 0.15) is 18.1 Å². The second-order valence-electron chi connectivity index (χ2n) is 9.24. The highest BCUT2D eigenvalue weighted by Gasteiger charge is 2.32. The fraction of sp³-hybridized carbons (Fsp3) is 0.440. The number of rotatable bonds is 17. The highest BCUT2D eigenvalue weighted by atomic mass is 16.4. The maximum atomic E-state index is 13.3. The van der Waals surface area contributed by atoms with E-state index in [1.54, 1.807) is 24.4 Å². The van der Waals surface area contributed by atoms with Gasteiger partial charge in [0.25, 0.3) is 0 Å². The fourth-order valence-electron chi connectivity index (χ4n) is 3.99. The minimum Gasteiger partial charge on any atom is -0.481 e. The number of primary amides is 1. The normalized spacial score (nSPS) is 13.9. The van der Waals surface area contributed by atoms with E-state index in [4.69, 9.17) is 22.3 Å². The molecule has 15 nitrogen and oxygen atoms in total. The quantitative estimate of drug-likeness (QED) is 0.0963. The summed E-state index contributed by atoms with van der Waals surface area (Å²) in [5.74, 6) is -6.40. The first-order valence-corrected chi connectivity index (χ1v) is 12.6. The number of carbonyl (C=O) groups excluding carboxylic acids is 4. The third-order valence-corrected chi connectivity index (χ3v) is 6.06. The molecule has 40 heavy (non-hydrogen) atoms. The number of nitrogens with two attached hydrogens (primary N) is 3. The van der Waals surface area contributed by atoms with Gasteiger partial charge in [-0.15, -0.1) is 0 Å². The Morgan fingerprint density at radius 3 is 2.10 bits per heavy atom. The molecular weight excluding hydrogens is 526 g/mol. The smallest absolute Gasteiger partial charge is 0.326 e. The molecule has 1 aromatic heterocycles. The Morgan fingerprint density at radius 1 is 0.850 bits per heavy atom. The lowest BCUT2D eigenvalue weighted by atomic mass is 10.0. The summed E-state index contributed by atoms with van der Waals surface area (Å²) in [4.78, 5) is 76.2. The van der Waals surface area contributed by atoms with Crippen LogP contribution in [0.3, 0.4) is 0 Å².